The van der Waals surface area contributed by atoms with Crippen LogP contribution in [0.4, 0.5) is 0 Å². The molecule has 0 saturated carbocycles. The van der Waals surface area contributed by atoms with E-state index in [0.29, 0.717) is 6.54 Å². The van der Waals surface area contributed by atoms with Gasteiger partial charge in [0.2, 0.25) is 5.91 Å². The molecule has 0 spiro atoms. The molecule has 90 valence electrons. The number of hydrogen-bond acceptors (Lipinski definition) is 4. The lowest BCUT2D eigenvalue weighted by Crippen LogP contribution is -2.33. The van der Waals surface area contributed by atoms with Crippen molar-refractivity contribution >= 4 is 15.7 Å². The molecule has 15 heavy (non-hydrogen) atoms. The van der Waals surface area contributed by atoms with E-state index in [-0.39, 0.29) is 24.1 Å². The Morgan fingerprint density at radius 2 is 2.07 bits per heavy atom. The van der Waals surface area contributed by atoms with Crippen LogP contribution in [-0.2, 0) is 14.6 Å². The van der Waals surface area contributed by atoms with Crippen LogP contribution in [0, 0.1) is 5.92 Å². The molecule has 0 rings (SSSR count). The molecule has 0 aliphatic rings. The summed E-state index contributed by atoms with van der Waals surface area (Å²) in [5, 5.41) is 2.59. The number of nitrogens with two attached hydrogens (primary N) is 1. The van der Waals surface area contributed by atoms with Crippen molar-refractivity contribution < 1.29 is 13.2 Å². The predicted molar refractivity (Wildman–Crippen MR) is 60.2 cm³/mol. The number of hydrogen-bond donors (Lipinski definition) is 2. The monoisotopic (exact) mass is 236 g/mol. The first kappa shape index (κ1) is 14.4. The lowest BCUT2D eigenvalue weighted by molar-refractivity contribution is -0.124. The van der Waals surface area contributed by atoms with Gasteiger partial charge >= 0.3 is 0 Å². The van der Waals surface area contributed by atoms with Crippen LogP contribution in [0.15, 0.2) is 0 Å². The first-order chi connectivity index (χ1) is 6.87. The van der Waals surface area contributed by atoms with Crippen molar-refractivity contribution in [2.45, 2.75) is 19.8 Å². The highest BCUT2D eigenvalue weighted by atomic mass is 32.2. The largest absolute Gasteiger partial charge is 0.355 e. The first-order valence-corrected chi connectivity index (χ1v) is 7.08. The van der Waals surface area contributed by atoms with Crippen LogP contribution >= 0.6 is 0 Å². The molecule has 0 bridgehead atoms. The quantitative estimate of drug-likeness (QED) is 0.625. The minimum Gasteiger partial charge on any atom is -0.355 e. The second kappa shape index (κ2) is 6.79. The lowest BCUT2D eigenvalue weighted by Gasteiger charge is -2.10. The third kappa shape index (κ3) is 8.38. The molecule has 1 unspecified atom stereocenters. The molecule has 1 amide bonds. The second-order valence-electron chi connectivity index (χ2n) is 3.75. The summed E-state index contributed by atoms with van der Waals surface area (Å²) in [6.07, 6.45) is 2.69. The van der Waals surface area contributed by atoms with Gasteiger partial charge in [-0.3, -0.25) is 4.79 Å². The van der Waals surface area contributed by atoms with Crippen molar-refractivity contribution in [2.24, 2.45) is 11.7 Å². The van der Waals surface area contributed by atoms with E-state index in [0.717, 1.165) is 19.1 Å². The van der Waals surface area contributed by atoms with Gasteiger partial charge in [0.15, 0.2) is 0 Å². The zero-order chi connectivity index (χ0) is 11.9. The van der Waals surface area contributed by atoms with E-state index in [4.69, 9.17) is 5.73 Å². The highest BCUT2D eigenvalue weighted by molar-refractivity contribution is 7.90. The molecule has 0 aliphatic carbocycles. The SMILES string of the molecule is CC(CCCN)C(=O)NCCS(C)(=O)=O. The maximum absolute atomic E-state index is 11.4. The van der Waals surface area contributed by atoms with Gasteiger partial charge in [0.25, 0.3) is 0 Å². The van der Waals surface area contributed by atoms with E-state index in [2.05, 4.69) is 5.32 Å². The van der Waals surface area contributed by atoms with Gasteiger partial charge in [0, 0.05) is 18.7 Å². The summed E-state index contributed by atoms with van der Waals surface area (Å²) in [5.74, 6) is -0.220. The van der Waals surface area contributed by atoms with E-state index in [1.165, 1.54) is 0 Å². The summed E-state index contributed by atoms with van der Waals surface area (Å²) >= 11 is 0. The van der Waals surface area contributed by atoms with Crippen molar-refractivity contribution in [3.05, 3.63) is 0 Å². The minimum absolute atomic E-state index is 0.0116. The first-order valence-electron chi connectivity index (χ1n) is 5.02. The van der Waals surface area contributed by atoms with Crippen molar-refractivity contribution in [2.75, 3.05) is 25.1 Å². The summed E-state index contributed by atoms with van der Waals surface area (Å²) in [4.78, 5) is 11.4. The van der Waals surface area contributed by atoms with Crippen LogP contribution in [-0.4, -0.2) is 39.4 Å². The van der Waals surface area contributed by atoms with Gasteiger partial charge in [-0.25, -0.2) is 8.42 Å². The molecule has 6 heteroatoms. The van der Waals surface area contributed by atoms with Gasteiger partial charge in [-0.05, 0) is 19.4 Å². The molecule has 0 aromatic rings. The smallest absolute Gasteiger partial charge is 0.222 e. The molecule has 1 atom stereocenters. The predicted octanol–water partition coefficient (Wildman–Crippen LogP) is -0.478. The normalized spacial score (nSPS) is 13.5. The Balaban J connectivity index is 3.74. The number of sulfone groups is 1. The molecular formula is C9H20N2O3S. The zero-order valence-electron chi connectivity index (χ0n) is 9.32. The van der Waals surface area contributed by atoms with E-state index in [9.17, 15) is 13.2 Å². The number of carbonyl (C=O) groups is 1. The maximum Gasteiger partial charge on any atom is 0.222 e. The van der Waals surface area contributed by atoms with Gasteiger partial charge in [0.05, 0.1) is 5.75 Å². The highest BCUT2D eigenvalue weighted by Gasteiger charge is 2.12. The third-order valence-corrected chi connectivity index (χ3v) is 3.01. The van der Waals surface area contributed by atoms with Crippen molar-refractivity contribution in [3.8, 4) is 0 Å². The highest BCUT2D eigenvalue weighted by Crippen LogP contribution is 2.03. The van der Waals surface area contributed by atoms with Gasteiger partial charge in [-0.1, -0.05) is 6.92 Å². The minimum atomic E-state index is -3.00. The van der Waals surface area contributed by atoms with Crippen molar-refractivity contribution in [1.29, 1.82) is 0 Å². The molecule has 5 nitrogen and oxygen atoms in total. The van der Waals surface area contributed by atoms with Gasteiger partial charge in [-0.15, -0.1) is 0 Å². The molecular weight excluding hydrogens is 216 g/mol. The lowest BCUT2D eigenvalue weighted by atomic mass is 10.1. The summed E-state index contributed by atoms with van der Waals surface area (Å²) < 4.78 is 21.6. The van der Waals surface area contributed by atoms with E-state index in [1.54, 1.807) is 0 Å². The molecule has 0 radical (unpaired) electrons. The summed E-state index contributed by atoms with van der Waals surface area (Å²) in [5.41, 5.74) is 5.32. The molecule has 0 aromatic carbocycles. The van der Waals surface area contributed by atoms with Gasteiger partial charge < -0.3 is 11.1 Å². The average molecular weight is 236 g/mol. The summed E-state index contributed by atoms with van der Waals surface area (Å²) in [6.45, 7) is 2.57. The molecule has 3 N–H and O–H groups in total. The number of rotatable bonds is 7. The Hall–Kier alpha value is -0.620. The molecule has 0 aromatic heterocycles. The fraction of sp³-hybridized carbons (Fsp3) is 0.889. The number of carbonyl (C=O) groups excluding carboxylic acids is 1. The fourth-order valence-electron chi connectivity index (χ4n) is 1.09. The van der Waals surface area contributed by atoms with Crippen LogP contribution in [0.2, 0.25) is 0 Å². The topological polar surface area (TPSA) is 89.3 Å². The zero-order valence-corrected chi connectivity index (χ0v) is 10.1. The molecule has 0 aliphatic heterocycles. The Labute approximate surface area is 91.3 Å². The van der Waals surface area contributed by atoms with Crippen LogP contribution in [0.5, 0.6) is 0 Å². The van der Waals surface area contributed by atoms with Crippen molar-refractivity contribution in [1.82, 2.24) is 5.32 Å². The van der Waals surface area contributed by atoms with Crippen LogP contribution in [0.25, 0.3) is 0 Å². The Morgan fingerprint density at radius 1 is 1.47 bits per heavy atom. The van der Waals surface area contributed by atoms with E-state index < -0.39 is 9.84 Å². The Bertz CT molecular complexity index is 288. The molecule has 0 saturated heterocycles. The summed E-state index contributed by atoms with van der Waals surface area (Å²) in [6, 6.07) is 0. The Morgan fingerprint density at radius 3 is 2.53 bits per heavy atom. The molecule has 0 heterocycles. The maximum atomic E-state index is 11.4. The summed E-state index contributed by atoms with van der Waals surface area (Å²) in [7, 11) is -3.00. The second-order valence-corrected chi connectivity index (χ2v) is 6.01. The standard InChI is InChI=1S/C9H20N2O3S/c1-8(4-3-5-10)9(12)11-6-7-15(2,13)14/h8H,3-7,10H2,1-2H3,(H,11,12). The Kier molecular flexibility index (Phi) is 6.51. The average Bonchev–Trinajstić information content (AvgIpc) is 2.11. The van der Waals surface area contributed by atoms with Crippen LogP contribution in [0.3, 0.4) is 0 Å². The fourth-order valence-corrected chi connectivity index (χ4v) is 1.56. The number of amides is 1. The van der Waals surface area contributed by atoms with E-state index in [1.807, 2.05) is 6.92 Å². The van der Waals surface area contributed by atoms with Crippen molar-refractivity contribution in [3.63, 3.8) is 0 Å². The van der Waals surface area contributed by atoms with Crippen LogP contribution < -0.4 is 11.1 Å². The number of nitrogens with one attached hydrogen (secondary N) is 1. The third-order valence-electron chi connectivity index (χ3n) is 2.06. The van der Waals surface area contributed by atoms with Gasteiger partial charge in [-0.2, -0.15) is 0 Å². The molecule has 0 fully saturated rings. The van der Waals surface area contributed by atoms with Crippen LogP contribution in [0.1, 0.15) is 19.8 Å². The van der Waals surface area contributed by atoms with E-state index >= 15 is 0 Å². The van der Waals surface area contributed by atoms with Gasteiger partial charge in [0.1, 0.15) is 9.84 Å².